The summed E-state index contributed by atoms with van der Waals surface area (Å²) >= 11 is 0. The summed E-state index contributed by atoms with van der Waals surface area (Å²) in [7, 11) is -4.32. The first-order chi connectivity index (χ1) is 13.1. The van der Waals surface area contributed by atoms with Gasteiger partial charge in [0, 0.05) is 6.07 Å². The van der Waals surface area contributed by atoms with Gasteiger partial charge in [-0.25, -0.2) is 4.79 Å². The number of nitrogens with one attached hydrogen (secondary N) is 1. The van der Waals surface area contributed by atoms with E-state index in [2.05, 4.69) is 4.98 Å². The van der Waals surface area contributed by atoms with Gasteiger partial charge in [0.2, 0.25) is 0 Å². The minimum absolute atomic E-state index is 0.185. The van der Waals surface area contributed by atoms with Crippen molar-refractivity contribution in [3.8, 4) is 11.3 Å². The highest BCUT2D eigenvalue weighted by Gasteiger charge is 2.45. The highest BCUT2D eigenvalue weighted by Crippen LogP contribution is 2.39. The van der Waals surface area contributed by atoms with E-state index >= 15 is 0 Å². The molecule has 0 bridgehead atoms. The van der Waals surface area contributed by atoms with E-state index in [1.807, 2.05) is 13.0 Å². The topological polar surface area (TPSA) is 162 Å². The van der Waals surface area contributed by atoms with Crippen LogP contribution in [0.1, 0.15) is 18.2 Å². The SMILES string of the molecule is Cc1cccc(-c2cc(=O)[nH]c(=O)n2[C@@H]2O[C@H](CCP(=O)(O)O)[C@@H](O)[C@H]2O)c1. The molecule has 5 N–H and O–H groups in total. The van der Waals surface area contributed by atoms with Gasteiger partial charge in [-0.3, -0.25) is 18.9 Å². The highest BCUT2D eigenvalue weighted by atomic mass is 31.2. The van der Waals surface area contributed by atoms with Crippen LogP contribution in [0.15, 0.2) is 39.9 Å². The Morgan fingerprint density at radius 3 is 2.54 bits per heavy atom. The molecule has 1 aromatic carbocycles. The van der Waals surface area contributed by atoms with Crippen LogP contribution < -0.4 is 11.2 Å². The van der Waals surface area contributed by atoms with E-state index in [1.165, 1.54) is 6.07 Å². The predicted octanol–water partition coefficient (Wildman–Crippen LogP) is -0.301. The van der Waals surface area contributed by atoms with Crippen LogP contribution in [0.25, 0.3) is 11.3 Å². The van der Waals surface area contributed by atoms with E-state index in [1.54, 1.807) is 18.2 Å². The van der Waals surface area contributed by atoms with Crippen LogP contribution in [0.2, 0.25) is 0 Å². The van der Waals surface area contributed by atoms with Gasteiger partial charge < -0.3 is 24.7 Å². The molecule has 0 spiro atoms. The minimum atomic E-state index is -4.32. The van der Waals surface area contributed by atoms with Gasteiger partial charge >= 0.3 is 13.3 Å². The van der Waals surface area contributed by atoms with Crippen molar-refractivity contribution in [3.05, 3.63) is 56.7 Å². The Balaban J connectivity index is 2.03. The molecule has 2 aromatic rings. The fourth-order valence-corrected chi connectivity index (χ4v) is 3.85. The van der Waals surface area contributed by atoms with E-state index < -0.39 is 49.5 Å². The van der Waals surface area contributed by atoms with Gasteiger partial charge in [0.1, 0.15) is 12.2 Å². The molecule has 0 amide bonds. The van der Waals surface area contributed by atoms with Gasteiger partial charge in [0.15, 0.2) is 6.23 Å². The van der Waals surface area contributed by atoms with Crippen LogP contribution in [0.4, 0.5) is 0 Å². The number of H-pyrrole nitrogens is 1. The Labute approximate surface area is 159 Å². The lowest BCUT2D eigenvalue weighted by Crippen LogP contribution is -2.38. The molecule has 4 atom stereocenters. The molecule has 3 rings (SSSR count). The maximum atomic E-state index is 12.5. The Hall–Kier alpha value is -2.07. The van der Waals surface area contributed by atoms with Gasteiger partial charge in [0.25, 0.3) is 5.56 Å². The van der Waals surface area contributed by atoms with Gasteiger partial charge in [-0.2, -0.15) is 0 Å². The lowest BCUT2D eigenvalue weighted by Gasteiger charge is -2.21. The second-order valence-corrected chi connectivity index (χ2v) is 8.56. The Kier molecular flexibility index (Phi) is 5.72. The Morgan fingerprint density at radius 1 is 1.18 bits per heavy atom. The zero-order chi connectivity index (χ0) is 20.6. The first kappa shape index (κ1) is 20.7. The molecule has 0 unspecified atom stereocenters. The summed E-state index contributed by atoms with van der Waals surface area (Å²) in [5.74, 6) is 0. The zero-order valence-electron chi connectivity index (χ0n) is 14.9. The molecule has 0 aliphatic carbocycles. The number of aliphatic hydroxyl groups excluding tert-OH is 2. The first-order valence-electron chi connectivity index (χ1n) is 8.56. The fourth-order valence-electron chi connectivity index (χ4n) is 3.26. The molecule has 0 saturated carbocycles. The van der Waals surface area contributed by atoms with Crippen molar-refractivity contribution >= 4 is 7.60 Å². The van der Waals surface area contributed by atoms with Crippen LogP contribution in [-0.2, 0) is 9.30 Å². The standard InChI is InChI=1S/C17H21N2O8P/c1-9-3-2-4-10(7-9)11-8-13(20)18-17(23)19(11)16-15(22)14(21)12(27-16)5-6-28(24,25)26/h2-4,7-8,12,14-16,21-22H,5-6H2,1H3,(H,18,20,23)(H2,24,25,26)/t12-,14-,15-,16-/m1/s1. The highest BCUT2D eigenvalue weighted by molar-refractivity contribution is 7.51. The number of nitrogens with zero attached hydrogens (tertiary/aromatic N) is 1. The lowest BCUT2D eigenvalue weighted by molar-refractivity contribution is -0.0394. The largest absolute Gasteiger partial charge is 0.388 e. The Bertz CT molecular complexity index is 1030. The number of ether oxygens (including phenoxy) is 1. The third-order valence-corrected chi connectivity index (χ3v) is 5.43. The molecule has 152 valence electrons. The lowest BCUT2D eigenvalue weighted by atomic mass is 10.1. The maximum Gasteiger partial charge on any atom is 0.331 e. The Morgan fingerprint density at radius 2 is 1.89 bits per heavy atom. The summed E-state index contributed by atoms with van der Waals surface area (Å²) in [4.78, 5) is 44.5. The maximum absolute atomic E-state index is 12.5. The number of aliphatic hydroxyl groups is 2. The number of benzene rings is 1. The molecule has 10 nitrogen and oxygen atoms in total. The summed E-state index contributed by atoms with van der Waals surface area (Å²) < 4.78 is 17.7. The molecule has 0 radical (unpaired) electrons. The fraction of sp³-hybridized carbons (Fsp3) is 0.412. The molecule has 1 aliphatic rings. The van der Waals surface area contributed by atoms with Gasteiger partial charge in [0.05, 0.1) is 18.0 Å². The third kappa shape index (κ3) is 4.33. The zero-order valence-corrected chi connectivity index (χ0v) is 15.8. The molecule has 2 heterocycles. The van der Waals surface area contributed by atoms with Crippen LogP contribution >= 0.6 is 7.60 Å². The molecular weight excluding hydrogens is 391 g/mol. The summed E-state index contributed by atoms with van der Waals surface area (Å²) in [6.07, 6.45) is -6.17. The van der Waals surface area contributed by atoms with Crippen molar-refractivity contribution in [1.82, 2.24) is 9.55 Å². The summed E-state index contributed by atoms with van der Waals surface area (Å²) in [6.45, 7) is 1.84. The van der Waals surface area contributed by atoms with Crippen molar-refractivity contribution in [3.63, 3.8) is 0 Å². The van der Waals surface area contributed by atoms with Crippen LogP contribution in [-0.4, -0.2) is 54.0 Å². The normalized spacial score (nSPS) is 25.2. The number of hydrogen-bond donors (Lipinski definition) is 5. The molecule has 1 saturated heterocycles. The third-order valence-electron chi connectivity index (χ3n) is 4.59. The van der Waals surface area contributed by atoms with E-state index in [4.69, 9.17) is 14.5 Å². The van der Waals surface area contributed by atoms with Gasteiger partial charge in [-0.15, -0.1) is 0 Å². The van der Waals surface area contributed by atoms with Crippen molar-refractivity contribution < 1.29 is 29.3 Å². The first-order valence-corrected chi connectivity index (χ1v) is 10.4. The van der Waals surface area contributed by atoms with Crippen LogP contribution in [0.3, 0.4) is 0 Å². The van der Waals surface area contributed by atoms with E-state index in [9.17, 15) is 24.4 Å². The number of aryl methyl sites for hydroxylation is 1. The minimum Gasteiger partial charge on any atom is -0.388 e. The molecule has 11 heteroatoms. The molecule has 1 aliphatic heterocycles. The second-order valence-electron chi connectivity index (χ2n) is 6.79. The summed E-state index contributed by atoms with van der Waals surface area (Å²) in [5.41, 5.74) is 0.125. The van der Waals surface area contributed by atoms with Crippen molar-refractivity contribution in [1.29, 1.82) is 0 Å². The van der Waals surface area contributed by atoms with Crippen molar-refractivity contribution in [2.45, 2.75) is 37.9 Å². The van der Waals surface area contributed by atoms with Gasteiger partial charge in [-0.05, 0) is 25.0 Å². The van der Waals surface area contributed by atoms with Crippen molar-refractivity contribution in [2.24, 2.45) is 0 Å². The molecule has 1 aromatic heterocycles. The smallest absolute Gasteiger partial charge is 0.331 e. The van der Waals surface area contributed by atoms with E-state index in [-0.39, 0.29) is 12.1 Å². The number of rotatable bonds is 5. The van der Waals surface area contributed by atoms with E-state index in [0.29, 0.717) is 5.56 Å². The predicted molar refractivity (Wildman–Crippen MR) is 98.9 cm³/mol. The average molecular weight is 412 g/mol. The number of hydrogen-bond acceptors (Lipinski definition) is 6. The molecular formula is C17H21N2O8P. The number of aromatic nitrogens is 2. The average Bonchev–Trinajstić information content (AvgIpc) is 2.87. The monoisotopic (exact) mass is 412 g/mol. The van der Waals surface area contributed by atoms with Crippen LogP contribution in [0.5, 0.6) is 0 Å². The molecule has 28 heavy (non-hydrogen) atoms. The number of aromatic amines is 1. The summed E-state index contributed by atoms with van der Waals surface area (Å²) in [6, 6.07) is 8.18. The summed E-state index contributed by atoms with van der Waals surface area (Å²) in [5, 5.41) is 20.6. The van der Waals surface area contributed by atoms with Crippen LogP contribution in [0, 0.1) is 6.92 Å². The van der Waals surface area contributed by atoms with Crippen molar-refractivity contribution in [2.75, 3.05) is 6.16 Å². The van der Waals surface area contributed by atoms with Gasteiger partial charge in [-0.1, -0.05) is 23.8 Å². The molecule has 1 fully saturated rings. The second kappa shape index (κ2) is 7.75. The quantitative estimate of drug-likeness (QED) is 0.418. The van der Waals surface area contributed by atoms with E-state index in [0.717, 1.165) is 10.1 Å².